The number of aliphatic hydroxyl groups excluding tert-OH is 1. The molecule has 4 atom stereocenters. The van der Waals surface area contributed by atoms with Crippen molar-refractivity contribution in [2.45, 2.75) is 37.0 Å². The molecule has 31 heavy (non-hydrogen) atoms. The van der Waals surface area contributed by atoms with Gasteiger partial charge in [0.15, 0.2) is 0 Å². The lowest BCUT2D eigenvalue weighted by atomic mass is 10.1. The van der Waals surface area contributed by atoms with E-state index in [0.717, 1.165) is 0 Å². The van der Waals surface area contributed by atoms with Crippen molar-refractivity contribution in [1.82, 2.24) is 25.9 Å². The third kappa shape index (κ3) is 8.61. The lowest BCUT2D eigenvalue weighted by Gasteiger charge is -2.23. The van der Waals surface area contributed by atoms with E-state index in [1.165, 1.54) is 12.5 Å². The number of aromatic amines is 1. The summed E-state index contributed by atoms with van der Waals surface area (Å²) in [5.41, 5.74) is 11.0. The second-order valence-electron chi connectivity index (χ2n) is 6.44. The van der Waals surface area contributed by atoms with Crippen molar-refractivity contribution < 1.29 is 34.2 Å². The number of aromatic nitrogens is 2. The van der Waals surface area contributed by atoms with Crippen molar-refractivity contribution in [2.24, 2.45) is 11.5 Å². The molecule has 1 heterocycles. The molecule has 14 nitrogen and oxygen atoms in total. The largest absolute Gasteiger partial charge is 0.480 e. The van der Waals surface area contributed by atoms with Crippen LogP contribution in [0.1, 0.15) is 12.1 Å². The number of nitrogens with two attached hydrogens (primary N) is 2. The van der Waals surface area contributed by atoms with E-state index in [1.54, 1.807) is 0 Å². The lowest BCUT2D eigenvalue weighted by molar-refractivity contribution is -0.144. The Morgan fingerprint density at radius 3 is 2.13 bits per heavy atom. The van der Waals surface area contributed by atoms with Crippen molar-refractivity contribution in [3.63, 3.8) is 0 Å². The molecule has 0 bridgehead atoms. The minimum Gasteiger partial charge on any atom is -0.480 e. The first-order valence-corrected chi connectivity index (χ1v) is 9.59. The van der Waals surface area contributed by atoms with Gasteiger partial charge in [-0.25, -0.2) is 9.78 Å². The predicted octanol–water partition coefficient (Wildman–Crippen LogP) is -4.38. The van der Waals surface area contributed by atoms with Gasteiger partial charge in [-0.3, -0.25) is 19.2 Å². The molecule has 172 valence electrons. The zero-order chi connectivity index (χ0) is 23.6. The van der Waals surface area contributed by atoms with Crippen LogP contribution in [0.2, 0.25) is 0 Å². The third-order valence-electron chi connectivity index (χ3n) is 3.98. The predicted molar refractivity (Wildman–Crippen MR) is 108 cm³/mol. The number of nitrogens with zero attached hydrogens (tertiary/aromatic N) is 1. The van der Waals surface area contributed by atoms with Crippen LogP contribution in [0.5, 0.6) is 0 Å². The Balaban J connectivity index is 2.91. The molecule has 0 aliphatic carbocycles. The number of nitrogens with one attached hydrogen (secondary N) is 4. The minimum atomic E-state index is -1.65. The first-order valence-electron chi connectivity index (χ1n) is 8.95. The van der Waals surface area contributed by atoms with Crippen LogP contribution in [0.3, 0.4) is 0 Å². The van der Waals surface area contributed by atoms with Gasteiger partial charge >= 0.3 is 5.97 Å². The number of aliphatic carboxylic acids is 1. The summed E-state index contributed by atoms with van der Waals surface area (Å²) in [6, 6.07) is -5.42. The van der Waals surface area contributed by atoms with Gasteiger partial charge in [-0.05, 0) is 0 Å². The summed E-state index contributed by atoms with van der Waals surface area (Å²) in [5.74, 6) is -5.08. The Morgan fingerprint density at radius 1 is 1.06 bits per heavy atom. The molecule has 0 aliphatic rings. The Morgan fingerprint density at radius 2 is 1.65 bits per heavy atom. The molecule has 1 aromatic rings. The maximum Gasteiger partial charge on any atom is 0.326 e. The Kier molecular flexibility index (Phi) is 10.4. The summed E-state index contributed by atoms with van der Waals surface area (Å²) in [7, 11) is 0. The van der Waals surface area contributed by atoms with Gasteiger partial charge < -0.3 is 42.6 Å². The van der Waals surface area contributed by atoms with Gasteiger partial charge in [-0.2, -0.15) is 12.6 Å². The summed E-state index contributed by atoms with van der Waals surface area (Å²) in [5, 5.41) is 25.2. The number of carbonyl (C=O) groups is 5. The Hall–Kier alpha value is -3.17. The summed E-state index contributed by atoms with van der Waals surface area (Å²) < 4.78 is 0. The molecule has 0 saturated carbocycles. The highest BCUT2D eigenvalue weighted by Gasteiger charge is 2.30. The molecular weight excluding hydrogens is 434 g/mol. The molecule has 4 amide bonds. The Labute approximate surface area is 181 Å². The van der Waals surface area contributed by atoms with Crippen LogP contribution in [-0.4, -0.2) is 86.3 Å². The topological polar surface area (TPSA) is 243 Å². The van der Waals surface area contributed by atoms with E-state index in [0.29, 0.717) is 5.69 Å². The number of H-pyrrole nitrogens is 1. The molecule has 4 unspecified atom stereocenters. The fourth-order valence-electron chi connectivity index (χ4n) is 2.33. The number of thiol groups is 1. The highest BCUT2D eigenvalue weighted by Crippen LogP contribution is 2.02. The molecule has 0 radical (unpaired) electrons. The first kappa shape index (κ1) is 25.9. The quantitative estimate of drug-likeness (QED) is 0.129. The number of aliphatic hydroxyl groups is 1. The first-order chi connectivity index (χ1) is 14.6. The maximum atomic E-state index is 12.7. The number of hydrogen-bond acceptors (Lipinski definition) is 9. The normalized spacial score (nSPS) is 14.5. The monoisotopic (exact) mass is 459 g/mol. The second-order valence-corrected chi connectivity index (χ2v) is 6.81. The van der Waals surface area contributed by atoms with E-state index in [2.05, 4.69) is 33.2 Å². The number of amides is 4. The van der Waals surface area contributed by atoms with Gasteiger partial charge in [0.2, 0.25) is 23.6 Å². The molecule has 15 heteroatoms. The maximum absolute atomic E-state index is 12.7. The van der Waals surface area contributed by atoms with E-state index in [4.69, 9.17) is 16.6 Å². The number of rotatable bonds is 13. The standard InChI is InChI=1S/C16H25N7O7S/c17-8(5-31)13(26)21-9(1-7-3-19-6-20-7)14(27)23-11(4-24)15(28)22-10(16(29)30)2-12(18)25/h3,6,8-11,24,31H,1-2,4-5,17H2,(H2,18,25)(H,19,20)(H,21,26)(H,22,28)(H,23,27)(H,29,30). The molecule has 0 aromatic carbocycles. The number of primary amides is 1. The van der Waals surface area contributed by atoms with E-state index in [-0.39, 0.29) is 12.2 Å². The van der Waals surface area contributed by atoms with Crippen LogP contribution in [0.25, 0.3) is 0 Å². The molecule has 10 N–H and O–H groups in total. The zero-order valence-corrected chi connectivity index (χ0v) is 17.2. The van der Waals surface area contributed by atoms with Gasteiger partial charge in [0.25, 0.3) is 0 Å². The van der Waals surface area contributed by atoms with Crippen LogP contribution < -0.4 is 27.4 Å². The van der Waals surface area contributed by atoms with Gasteiger partial charge in [-0.1, -0.05) is 0 Å². The molecule has 1 aromatic heterocycles. The molecule has 1 rings (SSSR count). The minimum absolute atomic E-state index is 0.0162. The van der Waals surface area contributed by atoms with Crippen LogP contribution in [-0.2, 0) is 30.4 Å². The summed E-state index contributed by atoms with van der Waals surface area (Å²) in [6.45, 7) is -0.888. The van der Waals surface area contributed by atoms with Crippen LogP contribution in [0.15, 0.2) is 12.5 Å². The average Bonchev–Trinajstić information content (AvgIpc) is 3.22. The molecular formula is C16H25N7O7S. The van der Waals surface area contributed by atoms with Crippen molar-refractivity contribution in [3.05, 3.63) is 18.2 Å². The second kappa shape index (κ2) is 12.5. The number of imidazole rings is 1. The smallest absolute Gasteiger partial charge is 0.326 e. The average molecular weight is 459 g/mol. The molecule has 0 aliphatic heterocycles. The van der Waals surface area contributed by atoms with Crippen LogP contribution in [0, 0.1) is 0 Å². The van der Waals surface area contributed by atoms with E-state index in [9.17, 15) is 29.1 Å². The van der Waals surface area contributed by atoms with Gasteiger partial charge in [0, 0.05) is 24.1 Å². The lowest BCUT2D eigenvalue weighted by Crippen LogP contribution is -2.59. The van der Waals surface area contributed by atoms with Crippen molar-refractivity contribution in [1.29, 1.82) is 0 Å². The fourth-order valence-corrected chi connectivity index (χ4v) is 2.49. The van der Waals surface area contributed by atoms with Gasteiger partial charge in [-0.15, -0.1) is 0 Å². The zero-order valence-electron chi connectivity index (χ0n) is 16.3. The van der Waals surface area contributed by atoms with Crippen LogP contribution >= 0.6 is 12.6 Å². The summed E-state index contributed by atoms with van der Waals surface area (Å²) in [6.07, 6.45) is 2.05. The number of hydrogen-bond donors (Lipinski definition) is 9. The molecule has 0 fully saturated rings. The fraction of sp³-hybridized carbons (Fsp3) is 0.500. The third-order valence-corrected chi connectivity index (χ3v) is 4.37. The Bertz CT molecular complexity index is 789. The van der Waals surface area contributed by atoms with Crippen molar-refractivity contribution in [3.8, 4) is 0 Å². The van der Waals surface area contributed by atoms with E-state index < -0.39 is 66.8 Å². The van der Waals surface area contributed by atoms with Gasteiger partial charge in [0.05, 0.1) is 25.4 Å². The van der Waals surface area contributed by atoms with E-state index in [1.807, 2.05) is 5.32 Å². The van der Waals surface area contributed by atoms with Crippen LogP contribution in [0.4, 0.5) is 0 Å². The summed E-state index contributed by atoms with van der Waals surface area (Å²) >= 11 is 3.92. The van der Waals surface area contributed by atoms with E-state index >= 15 is 0 Å². The SMILES string of the molecule is NC(=O)CC(NC(=O)C(CO)NC(=O)C(Cc1cnc[nH]1)NC(=O)C(N)CS)C(=O)O. The highest BCUT2D eigenvalue weighted by atomic mass is 32.1. The van der Waals surface area contributed by atoms with Crippen molar-refractivity contribution in [2.75, 3.05) is 12.4 Å². The number of carbonyl (C=O) groups excluding carboxylic acids is 4. The molecule has 0 saturated heterocycles. The highest BCUT2D eigenvalue weighted by molar-refractivity contribution is 7.80. The molecule has 0 spiro atoms. The number of carboxylic acids is 1. The summed E-state index contributed by atoms with van der Waals surface area (Å²) in [4.78, 5) is 65.8. The number of carboxylic acid groups (broad SMARTS) is 1. The van der Waals surface area contributed by atoms with Crippen molar-refractivity contribution >= 4 is 42.2 Å². The van der Waals surface area contributed by atoms with Gasteiger partial charge in [0.1, 0.15) is 18.1 Å².